The van der Waals surface area contributed by atoms with Crippen LogP contribution in [0, 0.1) is 6.92 Å². The lowest BCUT2D eigenvalue weighted by Crippen LogP contribution is -3.62. The molecule has 0 aliphatic heterocycles. The van der Waals surface area contributed by atoms with E-state index in [0.29, 0.717) is 0 Å². The van der Waals surface area contributed by atoms with Crippen LogP contribution in [0.3, 0.4) is 0 Å². The number of halogens is 4. The summed E-state index contributed by atoms with van der Waals surface area (Å²) >= 11 is -1.61. The molecule has 1 rings (SSSR count). The smallest absolute Gasteiger partial charge is 0.482 e. The highest BCUT2D eigenvalue weighted by molar-refractivity contribution is 7.85. The molecule has 0 amide bonds. The van der Waals surface area contributed by atoms with Crippen molar-refractivity contribution in [1.29, 1.82) is 0 Å². The van der Waals surface area contributed by atoms with Crippen LogP contribution in [-0.2, 0) is 10.1 Å². The molecule has 0 spiro atoms. The molecule has 0 saturated heterocycles. The summed E-state index contributed by atoms with van der Waals surface area (Å²) in [4.78, 5) is -0.178. The van der Waals surface area contributed by atoms with Crippen molar-refractivity contribution in [2.45, 2.75) is 18.0 Å². The molecule has 0 radical (unpaired) electrons. The fraction of sp³-hybridized carbons (Fsp3) is 0.333. The molecule has 4 nitrogen and oxygen atoms in total. The first-order valence-corrected chi connectivity index (χ1v) is 8.28. The Morgan fingerprint density at radius 1 is 1.28 bits per heavy atom. The molecule has 0 heterocycles. The summed E-state index contributed by atoms with van der Waals surface area (Å²) in [7, 11) is -4.27. The first-order valence-electron chi connectivity index (χ1n) is 4.38. The van der Waals surface area contributed by atoms with E-state index in [-0.39, 0.29) is 4.90 Å². The molecule has 0 aromatic heterocycles. The first-order chi connectivity index (χ1) is 8.06. The number of benzene rings is 1. The van der Waals surface area contributed by atoms with Gasteiger partial charge in [0.1, 0.15) is 10.1 Å². The van der Waals surface area contributed by atoms with Crippen LogP contribution in [0.2, 0.25) is 0 Å². The van der Waals surface area contributed by atoms with Crippen molar-refractivity contribution in [3.63, 3.8) is 0 Å². The van der Waals surface area contributed by atoms with E-state index in [4.69, 9.17) is 3.44 Å². The minimum atomic E-state index is -4.27. The molecule has 1 aromatic carbocycles. The van der Waals surface area contributed by atoms with E-state index in [0.717, 1.165) is 5.56 Å². The van der Waals surface area contributed by atoms with E-state index in [1.54, 1.807) is 12.1 Å². The second-order valence-electron chi connectivity index (χ2n) is 3.14. The minimum Gasteiger partial charge on any atom is -0.744 e. The summed E-state index contributed by atoms with van der Waals surface area (Å²) in [6, 6.07) is 5.78. The van der Waals surface area contributed by atoms with E-state index in [2.05, 4.69) is 0 Å². The van der Waals surface area contributed by atoms with E-state index in [9.17, 15) is 26.1 Å². The highest BCUT2D eigenvalue weighted by Gasteiger charge is 2.35. The summed E-state index contributed by atoms with van der Waals surface area (Å²) < 4.78 is 70.7. The van der Waals surface area contributed by atoms with Gasteiger partial charge in [-0.15, -0.1) is 0 Å². The van der Waals surface area contributed by atoms with Crippen LogP contribution in [0.15, 0.2) is 29.2 Å². The van der Waals surface area contributed by atoms with Gasteiger partial charge in [-0.2, -0.15) is 16.6 Å². The number of hydrogen-bond donors (Lipinski definition) is 1. The highest BCUT2D eigenvalue weighted by atomic mass is 127. The fourth-order valence-electron chi connectivity index (χ4n) is 0.773. The molecule has 104 valence electrons. The van der Waals surface area contributed by atoms with Gasteiger partial charge in [-0.25, -0.2) is 8.42 Å². The van der Waals surface area contributed by atoms with Crippen molar-refractivity contribution in [3.8, 4) is 0 Å². The monoisotopic (exact) mass is 398 g/mol. The van der Waals surface area contributed by atoms with Crippen LogP contribution in [0.1, 0.15) is 5.56 Å². The van der Waals surface area contributed by atoms with Gasteiger partial charge in [0.15, 0.2) is 0 Å². The van der Waals surface area contributed by atoms with Crippen LogP contribution in [0.25, 0.3) is 0 Å². The van der Waals surface area contributed by atoms with Crippen LogP contribution < -0.4 is 21.6 Å². The lowest BCUT2D eigenvalue weighted by Gasteiger charge is -2.05. The van der Waals surface area contributed by atoms with Crippen molar-refractivity contribution >= 4 is 10.1 Å². The summed E-state index contributed by atoms with van der Waals surface area (Å²) in [6.07, 6.45) is -4.15. The maximum absolute atomic E-state index is 10.9. The van der Waals surface area contributed by atoms with Gasteiger partial charge in [-0.05, 0) is 19.1 Å². The Hall–Kier alpha value is -0.390. The molecule has 0 aliphatic carbocycles. The molecule has 0 bridgehead atoms. The van der Waals surface area contributed by atoms with Crippen LogP contribution in [-0.4, -0.2) is 27.0 Å². The van der Waals surface area contributed by atoms with Crippen LogP contribution in [0.4, 0.5) is 13.2 Å². The zero-order valence-electron chi connectivity index (χ0n) is 9.11. The molecular formula is C9H10F3IO4S. The van der Waals surface area contributed by atoms with Crippen molar-refractivity contribution < 1.29 is 51.2 Å². The Bertz CT molecular complexity index is 456. The Labute approximate surface area is 113 Å². The minimum absolute atomic E-state index is 0.178. The van der Waals surface area contributed by atoms with Crippen molar-refractivity contribution in [1.82, 2.24) is 0 Å². The molecule has 0 fully saturated rings. The average Bonchev–Trinajstić information content (AvgIpc) is 2.15. The molecule has 0 atom stereocenters. The van der Waals surface area contributed by atoms with Crippen LogP contribution >= 0.6 is 0 Å². The number of rotatable bonds is 2. The number of aryl methyl sites for hydroxylation is 1. The molecule has 18 heavy (non-hydrogen) atoms. The summed E-state index contributed by atoms with van der Waals surface area (Å²) in [6.45, 7) is 1.82. The van der Waals surface area contributed by atoms with Crippen LogP contribution in [0.5, 0.6) is 0 Å². The van der Waals surface area contributed by atoms with Crippen molar-refractivity contribution in [2.75, 3.05) is 4.43 Å². The van der Waals surface area contributed by atoms with E-state index in [1.807, 2.05) is 6.92 Å². The first kappa shape index (κ1) is 17.6. The number of alkyl halides is 4. The lowest BCUT2D eigenvalue weighted by atomic mass is 10.2. The Morgan fingerprint density at radius 3 is 1.94 bits per heavy atom. The average molecular weight is 398 g/mol. The molecular weight excluding hydrogens is 388 g/mol. The molecule has 9 heteroatoms. The second kappa shape index (κ2) is 7.26. The Balaban J connectivity index is 0.000000360. The van der Waals surface area contributed by atoms with Gasteiger partial charge >= 0.3 is 27.8 Å². The topological polar surface area (TPSA) is 77.4 Å². The SMILES string of the molecule is Cc1ccc(S(=O)(=O)[O-])cc1.O[I+]CC(F)(F)F. The Kier molecular flexibility index (Phi) is 7.10. The summed E-state index contributed by atoms with van der Waals surface area (Å²) in [5, 5.41) is 0. The third kappa shape index (κ3) is 8.66. The van der Waals surface area contributed by atoms with E-state index >= 15 is 0 Å². The van der Waals surface area contributed by atoms with Gasteiger partial charge < -0.3 is 4.55 Å². The maximum Gasteiger partial charge on any atom is 0.482 e. The van der Waals surface area contributed by atoms with Gasteiger partial charge in [0.05, 0.1) is 4.90 Å². The van der Waals surface area contributed by atoms with Gasteiger partial charge in [-0.3, -0.25) is 0 Å². The lowest BCUT2D eigenvalue weighted by molar-refractivity contribution is -0.896. The maximum atomic E-state index is 10.9. The second-order valence-corrected chi connectivity index (χ2v) is 5.96. The quantitative estimate of drug-likeness (QED) is 0.372. The molecule has 0 saturated carbocycles. The predicted octanol–water partition coefficient (Wildman–Crippen LogP) is -1.56. The van der Waals surface area contributed by atoms with Crippen molar-refractivity contribution in [2.24, 2.45) is 0 Å². The third-order valence-corrected chi connectivity index (χ3v) is 3.58. The van der Waals surface area contributed by atoms with Gasteiger partial charge in [0, 0.05) is 0 Å². The third-order valence-electron chi connectivity index (χ3n) is 1.52. The Morgan fingerprint density at radius 2 is 1.72 bits per heavy atom. The largest absolute Gasteiger partial charge is 0.744 e. The number of hydrogen-bond acceptors (Lipinski definition) is 4. The summed E-state index contributed by atoms with van der Waals surface area (Å²) in [5.41, 5.74) is 0.928. The molecule has 0 aliphatic rings. The van der Waals surface area contributed by atoms with Gasteiger partial charge in [-0.1, -0.05) is 17.7 Å². The summed E-state index contributed by atoms with van der Waals surface area (Å²) in [5.74, 6) is 0. The van der Waals surface area contributed by atoms with E-state index in [1.165, 1.54) is 12.1 Å². The van der Waals surface area contributed by atoms with E-state index < -0.39 is 42.3 Å². The molecule has 1 N–H and O–H groups in total. The standard InChI is InChI=1S/C7H8O3S.C2H3F3IO/c1-6-2-4-7(5-3-6)11(8,9)10;3-2(4,5)1-6-7/h2-5H,1H3,(H,8,9,10);7H,1H2/q;+1/p-1. The van der Waals surface area contributed by atoms with Gasteiger partial charge in [0.25, 0.3) is 4.43 Å². The molecule has 1 aromatic rings. The zero-order chi connectivity index (χ0) is 14.4. The fourth-order valence-corrected chi connectivity index (χ4v) is 1.63. The normalized spacial score (nSPS) is 11.7. The molecule has 0 unspecified atom stereocenters. The highest BCUT2D eigenvalue weighted by Crippen LogP contribution is 2.09. The zero-order valence-corrected chi connectivity index (χ0v) is 12.1. The predicted molar refractivity (Wildman–Crippen MR) is 52.3 cm³/mol. The van der Waals surface area contributed by atoms with Gasteiger partial charge in [0.2, 0.25) is 0 Å². The van der Waals surface area contributed by atoms with Crippen molar-refractivity contribution in [3.05, 3.63) is 29.8 Å².